The van der Waals surface area contributed by atoms with Gasteiger partial charge in [-0.1, -0.05) is 30.3 Å². The van der Waals surface area contributed by atoms with Crippen LogP contribution in [0.3, 0.4) is 0 Å². The van der Waals surface area contributed by atoms with Crippen LogP contribution in [0.2, 0.25) is 0 Å². The molecule has 1 N–H and O–H groups in total. The maximum Gasteiger partial charge on any atom is 0.224 e. The molecule has 2 aliphatic heterocycles. The van der Waals surface area contributed by atoms with Gasteiger partial charge in [-0.2, -0.15) is 0 Å². The molecule has 0 unspecified atom stereocenters. The fraction of sp³-hybridized carbons (Fsp3) is 0.556. The highest BCUT2D eigenvalue weighted by Gasteiger charge is 2.32. The number of likely N-dealkylation sites (tertiary alicyclic amines) is 1. The van der Waals surface area contributed by atoms with Gasteiger partial charge in [0, 0.05) is 39.1 Å². The van der Waals surface area contributed by atoms with Crippen molar-refractivity contribution in [2.75, 3.05) is 26.2 Å². The van der Waals surface area contributed by atoms with E-state index in [1.807, 2.05) is 18.2 Å². The zero-order valence-electron chi connectivity index (χ0n) is 13.5. The predicted molar refractivity (Wildman–Crippen MR) is 86.6 cm³/mol. The van der Waals surface area contributed by atoms with Crippen molar-refractivity contribution in [1.29, 1.82) is 0 Å². The summed E-state index contributed by atoms with van der Waals surface area (Å²) in [6.45, 7) is 4.16. The lowest BCUT2D eigenvalue weighted by atomic mass is 9.95. The van der Waals surface area contributed by atoms with Crippen molar-refractivity contribution in [2.45, 2.75) is 25.9 Å². The number of benzene rings is 1. The van der Waals surface area contributed by atoms with Crippen molar-refractivity contribution in [1.82, 2.24) is 10.2 Å². The van der Waals surface area contributed by atoms with Gasteiger partial charge in [0.25, 0.3) is 0 Å². The lowest BCUT2D eigenvalue weighted by Crippen LogP contribution is -2.37. The smallest absolute Gasteiger partial charge is 0.224 e. The minimum Gasteiger partial charge on any atom is -0.373 e. The van der Waals surface area contributed by atoms with Gasteiger partial charge in [-0.15, -0.1) is 0 Å². The molecule has 124 valence electrons. The summed E-state index contributed by atoms with van der Waals surface area (Å²) < 4.78 is 5.85. The SMILES string of the molecule is CC(=O)N1CC[C@@H](C(=O)NC[C@@H]2CCO[C@H]2c2ccccc2)C1. The summed E-state index contributed by atoms with van der Waals surface area (Å²) in [5, 5.41) is 3.07. The molecule has 5 nitrogen and oxygen atoms in total. The summed E-state index contributed by atoms with van der Waals surface area (Å²) in [6, 6.07) is 10.2. The molecule has 3 atom stereocenters. The summed E-state index contributed by atoms with van der Waals surface area (Å²) >= 11 is 0. The minimum absolute atomic E-state index is 0.0497. The molecule has 3 rings (SSSR count). The summed E-state index contributed by atoms with van der Waals surface area (Å²) in [4.78, 5) is 25.4. The number of rotatable bonds is 4. The lowest BCUT2D eigenvalue weighted by molar-refractivity contribution is -0.128. The normalized spacial score (nSPS) is 27.2. The first-order valence-electron chi connectivity index (χ1n) is 8.35. The largest absolute Gasteiger partial charge is 0.373 e. The minimum atomic E-state index is -0.0728. The first kappa shape index (κ1) is 16.0. The monoisotopic (exact) mass is 316 g/mol. The molecular formula is C18H24N2O3. The Labute approximate surface area is 137 Å². The number of ether oxygens (including phenoxy) is 1. The Hall–Kier alpha value is -1.88. The molecule has 0 radical (unpaired) electrons. The van der Waals surface area contributed by atoms with Crippen LogP contribution < -0.4 is 5.32 Å². The van der Waals surface area contributed by atoms with E-state index < -0.39 is 0 Å². The molecule has 1 aromatic carbocycles. The third-order valence-corrected chi connectivity index (χ3v) is 4.89. The third kappa shape index (κ3) is 3.72. The third-order valence-electron chi connectivity index (χ3n) is 4.89. The fourth-order valence-electron chi connectivity index (χ4n) is 3.49. The molecule has 2 heterocycles. The summed E-state index contributed by atoms with van der Waals surface area (Å²) in [5.41, 5.74) is 1.17. The van der Waals surface area contributed by atoms with Gasteiger partial charge >= 0.3 is 0 Å². The van der Waals surface area contributed by atoms with Crippen LogP contribution in [0.25, 0.3) is 0 Å². The average molecular weight is 316 g/mol. The maximum absolute atomic E-state index is 12.3. The van der Waals surface area contributed by atoms with E-state index in [0.717, 1.165) is 19.4 Å². The lowest BCUT2D eigenvalue weighted by Gasteiger charge is -2.20. The van der Waals surface area contributed by atoms with Crippen LogP contribution in [0.5, 0.6) is 0 Å². The average Bonchev–Trinajstić information content (AvgIpc) is 3.22. The Morgan fingerprint density at radius 3 is 2.74 bits per heavy atom. The van der Waals surface area contributed by atoms with E-state index in [0.29, 0.717) is 25.6 Å². The summed E-state index contributed by atoms with van der Waals surface area (Å²) in [5.74, 6) is 0.351. The van der Waals surface area contributed by atoms with E-state index in [1.165, 1.54) is 5.56 Å². The summed E-state index contributed by atoms with van der Waals surface area (Å²) in [7, 11) is 0. The van der Waals surface area contributed by atoms with Crippen molar-refractivity contribution in [3.63, 3.8) is 0 Å². The second-order valence-corrected chi connectivity index (χ2v) is 6.45. The van der Waals surface area contributed by atoms with E-state index in [9.17, 15) is 9.59 Å². The van der Waals surface area contributed by atoms with Crippen LogP contribution >= 0.6 is 0 Å². The Balaban J connectivity index is 1.52. The van der Waals surface area contributed by atoms with Crippen molar-refractivity contribution >= 4 is 11.8 Å². The van der Waals surface area contributed by atoms with Gasteiger partial charge in [0.05, 0.1) is 12.0 Å². The highest BCUT2D eigenvalue weighted by molar-refractivity contribution is 5.81. The zero-order valence-corrected chi connectivity index (χ0v) is 13.5. The molecule has 2 amide bonds. The second kappa shape index (κ2) is 7.13. The second-order valence-electron chi connectivity index (χ2n) is 6.45. The molecule has 0 aliphatic carbocycles. The van der Waals surface area contributed by atoms with Gasteiger partial charge in [0.1, 0.15) is 0 Å². The highest BCUT2D eigenvalue weighted by Crippen LogP contribution is 2.34. The summed E-state index contributed by atoms with van der Waals surface area (Å²) in [6.07, 6.45) is 1.78. The number of carbonyl (C=O) groups is 2. The van der Waals surface area contributed by atoms with E-state index >= 15 is 0 Å². The number of hydrogen-bond acceptors (Lipinski definition) is 3. The molecule has 0 bridgehead atoms. The van der Waals surface area contributed by atoms with Gasteiger partial charge < -0.3 is 15.0 Å². The molecule has 2 saturated heterocycles. The predicted octanol–water partition coefficient (Wildman–Crippen LogP) is 1.75. The number of amides is 2. The van der Waals surface area contributed by atoms with Gasteiger partial charge in [0.2, 0.25) is 11.8 Å². The quantitative estimate of drug-likeness (QED) is 0.920. The van der Waals surface area contributed by atoms with Crippen LogP contribution in [-0.2, 0) is 14.3 Å². The fourth-order valence-corrected chi connectivity index (χ4v) is 3.49. The van der Waals surface area contributed by atoms with Crippen LogP contribution in [-0.4, -0.2) is 43.0 Å². The molecule has 0 spiro atoms. The van der Waals surface area contributed by atoms with Crippen LogP contribution in [0.1, 0.15) is 31.4 Å². The maximum atomic E-state index is 12.3. The highest BCUT2D eigenvalue weighted by atomic mass is 16.5. The molecule has 23 heavy (non-hydrogen) atoms. The van der Waals surface area contributed by atoms with Crippen molar-refractivity contribution < 1.29 is 14.3 Å². The molecule has 2 aliphatic rings. The number of hydrogen-bond donors (Lipinski definition) is 1. The Bertz CT molecular complexity index is 561. The molecular weight excluding hydrogens is 292 g/mol. The van der Waals surface area contributed by atoms with E-state index in [2.05, 4.69) is 17.4 Å². The molecule has 0 saturated carbocycles. The number of nitrogens with one attached hydrogen (secondary N) is 1. The number of nitrogens with zero attached hydrogens (tertiary/aromatic N) is 1. The van der Waals surface area contributed by atoms with E-state index in [4.69, 9.17) is 4.74 Å². The van der Waals surface area contributed by atoms with Gasteiger partial charge in [-0.3, -0.25) is 9.59 Å². The topological polar surface area (TPSA) is 58.6 Å². The standard InChI is InChI=1S/C18H24N2O3/c1-13(21)20-9-7-16(12-20)18(22)19-11-15-8-10-23-17(15)14-5-3-2-4-6-14/h2-6,15-17H,7-12H2,1H3,(H,19,22)/t15-,16+,17-/m0/s1. The zero-order chi connectivity index (χ0) is 16.2. The Morgan fingerprint density at radius 2 is 2.04 bits per heavy atom. The molecule has 5 heteroatoms. The van der Waals surface area contributed by atoms with Crippen LogP contribution in [0.4, 0.5) is 0 Å². The van der Waals surface area contributed by atoms with Crippen molar-refractivity contribution in [3.05, 3.63) is 35.9 Å². The molecule has 0 aromatic heterocycles. The first-order chi connectivity index (χ1) is 11.1. The van der Waals surface area contributed by atoms with E-state index in [-0.39, 0.29) is 23.8 Å². The van der Waals surface area contributed by atoms with Crippen LogP contribution in [0, 0.1) is 11.8 Å². The van der Waals surface area contributed by atoms with E-state index in [1.54, 1.807) is 11.8 Å². The molecule has 2 fully saturated rings. The Morgan fingerprint density at radius 1 is 1.26 bits per heavy atom. The van der Waals surface area contributed by atoms with Gasteiger partial charge in [-0.05, 0) is 18.4 Å². The Kier molecular flexibility index (Phi) is 4.96. The van der Waals surface area contributed by atoms with Gasteiger partial charge in [-0.25, -0.2) is 0 Å². The van der Waals surface area contributed by atoms with Crippen molar-refractivity contribution in [2.24, 2.45) is 11.8 Å². The van der Waals surface area contributed by atoms with Gasteiger partial charge in [0.15, 0.2) is 0 Å². The molecule has 1 aromatic rings. The van der Waals surface area contributed by atoms with Crippen molar-refractivity contribution in [3.8, 4) is 0 Å². The first-order valence-corrected chi connectivity index (χ1v) is 8.35. The van der Waals surface area contributed by atoms with Crippen LogP contribution in [0.15, 0.2) is 30.3 Å². The number of carbonyl (C=O) groups excluding carboxylic acids is 2.